The van der Waals surface area contributed by atoms with E-state index in [-0.39, 0.29) is 11.8 Å². The van der Waals surface area contributed by atoms with Gasteiger partial charge >= 0.3 is 0 Å². The van der Waals surface area contributed by atoms with E-state index in [2.05, 4.69) is 4.90 Å². The molecule has 6 heteroatoms. The number of carbonyl (C=O) groups excluding carboxylic acids is 1. The Morgan fingerprint density at radius 3 is 2.76 bits per heavy atom. The lowest BCUT2D eigenvalue weighted by molar-refractivity contribution is -0.119. The van der Waals surface area contributed by atoms with Gasteiger partial charge < -0.3 is 9.47 Å². The van der Waals surface area contributed by atoms with Crippen molar-refractivity contribution >= 4 is 17.3 Å². The molecule has 0 aliphatic carbocycles. The Bertz CT molecular complexity index is 922. The fourth-order valence-electron chi connectivity index (χ4n) is 4.24. The van der Waals surface area contributed by atoms with Gasteiger partial charge in [0, 0.05) is 24.4 Å². The van der Waals surface area contributed by atoms with E-state index in [1.54, 1.807) is 0 Å². The van der Waals surface area contributed by atoms with Crippen LogP contribution in [-0.4, -0.2) is 49.4 Å². The summed E-state index contributed by atoms with van der Waals surface area (Å²) in [6.07, 6.45) is 2.97. The topological polar surface area (TPSA) is 54.4 Å². The van der Waals surface area contributed by atoms with Gasteiger partial charge in [0.2, 0.25) is 5.91 Å². The second-order valence-corrected chi connectivity index (χ2v) is 7.79. The molecule has 29 heavy (non-hydrogen) atoms. The SMILES string of the molecule is O=C1CC2COc3ccc(OCCN4CCCC4)cc3C2=NN1c1ccccc1. The van der Waals surface area contributed by atoms with Gasteiger partial charge in [0.25, 0.3) is 0 Å². The van der Waals surface area contributed by atoms with E-state index in [0.29, 0.717) is 19.6 Å². The zero-order valence-electron chi connectivity index (χ0n) is 16.4. The Balaban J connectivity index is 1.39. The molecule has 0 saturated carbocycles. The predicted molar refractivity (Wildman–Crippen MR) is 112 cm³/mol. The molecule has 0 N–H and O–H groups in total. The van der Waals surface area contributed by atoms with Crippen molar-refractivity contribution in [2.24, 2.45) is 11.0 Å². The van der Waals surface area contributed by atoms with E-state index in [0.717, 1.165) is 35.0 Å². The minimum atomic E-state index is -0.0187. The number of anilines is 1. The lowest BCUT2D eigenvalue weighted by Crippen LogP contribution is -2.41. The first kappa shape index (κ1) is 18.2. The van der Waals surface area contributed by atoms with Crippen LogP contribution in [0.2, 0.25) is 0 Å². The molecule has 150 valence electrons. The molecule has 1 fully saturated rings. The molecule has 1 unspecified atom stereocenters. The summed E-state index contributed by atoms with van der Waals surface area (Å²) in [4.78, 5) is 15.1. The van der Waals surface area contributed by atoms with Crippen LogP contribution in [0.4, 0.5) is 5.69 Å². The number of hydrazone groups is 1. The van der Waals surface area contributed by atoms with Crippen molar-refractivity contribution in [2.45, 2.75) is 19.3 Å². The van der Waals surface area contributed by atoms with Crippen LogP contribution < -0.4 is 14.5 Å². The van der Waals surface area contributed by atoms with E-state index in [1.807, 2.05) is 48.5 Å². The van der Waals surface area contributed by atoms with Gasteiger partial charge in [-0.1, -0.05) is 18.2 Å². The molecule has 1 amide bonds. The van der Waals surface area contributed by atoms with Crippen LogP contribution in [-0.2, 0) is 4.79 Å². The third-order valence-electron chi connectivity index (χ3n) is 5.79. The fraction of sp³-hybridized carbons (Fsp3) is 0.391. The van der Waals surface area contributed by atoms with Crippen molar-refractivity contribution in [2.75, 3.05) is 37.9 Å². The number of hydrogen-bond donors (Lipinski definition) is 0. The first-order valence-electron chi connectivity index (χ1n) is 10.4. The summed E-state index contributed by atoms with van der Waals surface area (Å²) < 4.78 is 11.9. The maximum atomic E-state index is 12.6. The first-order chi connectivity index (χ1) is 14.3. The van der Waals surface area contributed by atoms with Crippen LogP contribution in [0.3, 0.4) is 0 Å². The molecule has 2 aromatic carbocycles. The Morgan fingerprint density at radius 2 is 1.93 bits per heavy atom. The normalized spacial score (nSPS) is 21.2. The summed E-state index contributed by atoms with van der Waals surface area (Å²) in [7, 11) is 0. The molecule has 3 heterocycles. The zero-order valence-corrected chi connectivity index (χ0v) is 16.4. The number of likely N-dealkylation sites (tertiary alicyclic amines) is 1. The van der Waals surface area contributed by atoms with Gasteiger partial charge in [-0.05, 0) is 56.3 Å². The molecule has 0 spiro atoms. The van der Waals surface area contributed by atoms with Crippen LogP contribution >= 0.6 is 0 Å². The molecular weight excluding hydrogens is 366 g/mol. The molecule has 1 atom stereocenters. The Morgan fingerprint density at radius 1 is 1.10 bits per heavy atom. The minimum absolute atomic E-state index is 0.00461. The average molecular weight is 391 g/mol. The number of rotatable bonds is 5. The van der Waals surface area contributed by atoms with E-state index in [9.17, 15) is 4.79 Å². The van der Waals surface area contributed by atoms with Gasteiger partial charge in [0.1, 0.15) is 18.1 Å². The van der Waals surface area contributed by atoms with Gasteiger partial charge in [0.15, 0.2) is 0 Å². The van der Waals surface area contributed by atoms with Gasteiger partial charge in [-0.15, -0.1) is 0 Å². The summed E-state index contributed by atoms with van der Waals surface area (Å²) in [5.41, 5.74) is 2.61. The first-order valence-corrected chi connectivity index (χ1v) is 10.4. The zero-order chi connectivity index (χ0) is 19.6. The smallest absolute Gasteiger partial charge is 0.248 e. The highest BCUT2D eigenvalue weighted by atomic mass is 16.5. The molecular formula is C23H25N3O3. The van der Waals surface area contributed by atoms with Crippen molar-refractivity contribution < 1.29 is 14.3 Å². The van der Waals surface area contributed by atoms with Gasteiger partial charge in [-0.3, -0.25) is 9.69 Å². The lowest BCUT2D eigenvalue weighted by atomic mass is 9.90. The maximum absolute atomic E-state index is 12.6. The van der Waals surface area contributed by atoms with Gasteiger partial charge in [-0.2, -0.15) is 5.10 Å². The number of hydrogen-bond acceptors (Lipinski definition) is 5. The van der Waals surface area contributed by atoms with Crippen LogP contribution in [0.15, 0.2) is 53.6 Å². The minimum Gasteiger partial charge on any atom is -0.492 e. The predicted octanol–water partition coefficient (Wildman–Crippen LogP) is 3.31. The number of ether oxygens (including phenoxy) is 2. The molecule has 3 aliphatic heterocycles. The number of fused-ring (bicyclic) bond motifs is 3. The number of carbonyl (C=O) groups is 1. The van der Waals surface area contributed by atoms with Crippen molar-refractivity contribution in [1.29, 1.82) is 0 Å². The molecule has 3 aliphatic rings. The van der Waals surface area contributed by atoms with E-state index in [1.165, 1.54) is 30.9 Å². The molecule has 6 nitrogen and oxygen atoms in total. The Hall–Kier alpha value is -2.86. The average Bonchev–Trinajstić information content (AvgIpc) is 3.27. The highest BCUT2D eigenvalue weighted by Crippen LogP contribution is 2.35. The van der Waals surface area contributed by atoms with Crippen LogP contribution in [0.25, 0.3) is 0 Å². The molecule has 0 radical (unpaired) electrons. The quantitative estimate of drug-likeness (QED) is 0.785. The summed E-state index contributed by atoms with van der Waals surface area (Å²) in [6.45, 7) is 4.44. The van der Waals surface area contributed by atoms with Crippen molar-refractivity contribution in [3.8, 4) is 11.5 Å². The number of amides is 1. The largest absolute Gasteiger partial charge is 0.492 e. The second-order valence-electron chi connectivity index (χ2n) is 7.79. The summed E-state index contributed by atoms with van der Waals surface area (Å²) >= 11 is 0. The third-order valence-corrected chi connectivity index (χ3v) is 5.79. The van der Waals surface area contributed by atoms with Crippen molar-refractivity contribution in [3.05, 3.63) is 54.1 Å². The van der Waals surface area contributed by atoms with Gasteiger partial charge in [0.05, 0.1) is 18.0 Å². The highest BCUT2D eigenvalue weighted by molar-refractivity contribution is 6.12. The Labute approximate surface area is 170 Å². The molecule has 5 rings (SSSR count). The summed E-state index contributed by atoms with van der Waals surface area (Å²) in [6, 6.07) is 15.5. The van der Waals surface area contributed by atoms with Crippen molar-refractivity contribution in [3.63, 3.8) is 0 Å². The summed E-state index contributed by atoms with van der Waals surface area (Å²) in [5, 5.41) is 6.25. The van der Waals surface area contributed by atoms with E-state index in [4.69, 9.17) is 14.6 Å². The number of benzene rings is 2. The van der Waals surface area contributed by atoms with Crippen LogP contribution in [0.5, 0.6) is 11.5 Å². The Kier molecular flexibility index (Phi) is 4.94. The number of nitrogens with zero attached hydrogens (tertiary/aromatic N) is 3. The fourth-order valence-corrected chi connectivity index (χ4v) is 4.24. The molecule has 2 aromatic rings. The van der Waals surface area contributed by atoms with Gasteiger partial charge in [-0.25, -0.2) is 5.01 Å². The standard InChI is InChI=1S/C23H25N3O3/c27-22-14-17-16-29-21-9-8-19(28-13-12-25-10-4-5-11-25)15-20(21)23(17)24-26(22)18-6-2-1-3-7-18/h1-3,6-9,15,17H,4-5,10-14,16H2. The monoisotopic (exact) mass is 391 g/mol. The van der Waals surface area contributed by atoms with E-state index >= 15 is 0 Å². The lowest BCUT2D eigenvalue weighted by Gasteiger charge is -2.33. The second kappa shape index (κ2) is 7.87. The van der Waals surface area contributed by atoms with Crippen LogP contribution in [0.1, 0.15) is 24.8 Å². The third kappa shape index (κ3) is 3.72. The molecule has 0 aromatic heterocycles. The molecule has 1 saturated heterocycles. The number of para-hydroxylation sites is 1. The van der Waals surface area contributed by atoms with Crippen molar-refractivity contribution in [1.82, 2.24) is 4.90 Å². The molecule has 0 bridgehead atoms. The van der Waals surface area contributed by atoms with Crippen LogP contribution in [0, 0.1) is 5.92 Å². The summed E-state index contributed by atoms with van der Waals surface area (Å²) in [5.74, 6) is 1.59. The highest BCUT2D eigenvalue weighted by Gasteiger charge is 2.36. The maximum Gasteiger partial charge on any atom is 0.248 e. The van der Waals surface area contributed by atoms with E-state index < -0.39 is 0 Å².